The molecular formula is C17H25N3O2. The summed E-state index contributed by atoms with van der Waals surface area (Å²) in [4.78, 5) is 20.0. The number of nitrogens with zero attached hydrogens (tertiary/aromatic N) is 2. The largest absolute Gasteiger partial charge is 0.375 e. The fourth-order valence-corrected chi connectivity index (χ4v) is 3.78. The van der Waals surface area contributed by atoms with E-state index in [0.717, 1.165) is 39.0 Å². The third kappa shape index (κ3) is 2.93. The Balaban J connectivity index is 1.97. The van der Waals surface area contributed by atoms with Crippen molar-refractivity contribution in [2.75, 3.05) is 32.8 Å². The SMILES string of the molecule is CC1(C)CC(C(=O)c2ccccn2)(N2CCNCC2)CCO1. The molecule has 120 valence electrons. The van der Waals surface area contributed by atoms with Crippen molar-refractivity contribution >= 4 is 5.78 Å². The van der Waals surface area contributed by atoms with Gasteiger partial charge in [0.25, 0.3) is 0 Å². The minimum atomic E-state index is -0.488. The van der Waals surface area contributed by atoms with E-state index < -0.39 is 5.54 Å². The van der Waals surface area contributed by atoms with Crippen molar-refractivity contribution in [1.29, 1.82) is 0 Å². The number of aromatic nitrogens is 1. The van der Waals surface area contributed by atoms with Crippen LogP contribution in [0.2, 0.25) is 0 Å². The number of carbonyl (C=O) groups excluding carboxylic acids is 1. The summed E-state index contributed by atoms with van der Waals surface area (Å²) < 4.78 is 5.88. The zero-order valence-corrected chi connectivity index (χ0v) is 13.5. The van der Waals surface area contributed by atoms with Crippen molar-refractivity contribution in [2.45, 2.75) is 37.8 Å². The number of Topliss-reactive ketones (excluding diaryl/α,β-unsaturated/α-hetero) is 1. The molecule has 0 saturated carbocycles. The van der Waals surface area contributed by atoms with E-state index in [2.05, 4.69) is 29.0 Å². The molecular weight excluding hydrogens is 278 g/mol. The summed E-state index contributed by atoms with van der Waals surface area (Å²) in [6, 6.07) is 5.56. The molecule has 0 aromatic carbocycles. The summed E-state index contributed by atoms with van der Waals surface area (Å²) in [5.74, 6) is 0.145. The van der Waals surface area contributed by atoms with E-state index in [4.69, 9.17) is 4.74 Å². The van der Waals surface area contributed by atoms with Crippen molar-refractivity contribution < 1.29 is 9.53 Å². The van der Waals surface area contributed by atoms with Crippen molar-refractivity contribution in [3.63, 3.8) is 0 Å². The molecule has 1 unspecified atom stereocenters. The predicted octanol–water partition coefficient (Wildman–Crippen LogP) is 1.50. The molecule has 0 amide bonds. The highest BCUT2D eigenvalue weighted by molar-refractivity contribution is 6.02. The molecule has 1 atom stereocenters. The lowest BCUT2D eigenvalue weighted by Crippen LogP contribution is -2.64. The zero-order valence-electron chi connectivity index (χ0n) is 13.5. The molecule has 3 heterocycles. The van der Waals surface area contributed by atoms with Crippen molar-refractivity contribution in [3.05, 3.63) is 30.1 Å². The van der Waals surface area contributed by atoms with Gasteiger partial charge in [-0.15, -0.1) is 0 Å². The van der Waals surface area contributed by atoms with Gasteiger partial charge in [-0.3, -0.25) is 14.7 Å². The molecule has 0 bridgehead atoms. The fraction of sp³-hybridized carbons (Fsp3) is 0.647. The first-order valence-corrected chi connectivity index (χ1v) is 8.09. The second-order valence-electron chi connectivity index (χ2n) is 6.85. The van der Waals surface area contributed by atoms with Crippen LogP contribution in [0.25, 0.3) is 0 Å². The van der Waals surface area contributed by atoms with Crippen LogP contribution in [0.3, 0.4) is 0 Å². The van der Waals surface area contributed by atoms with Gasteiger partial charge in [0.05, 0.1) is 11.1 Å². The van der Waals surface area contributed by atoms with Gasteiger partial charge in [0, 0.05) is 45.4 Å². The van der Waals surface area contributed by atoms with Crippen LogP contribution in [0.5, 0.6) is 0 Å². The van der Waals surface area contributed by atoms with E-state index in [1.54, 1.807) is 6.20 Å². The molecule has 1 N–H and O–H groups in total. The molecule has 5 nitrogen and oxygen atoms in total. The lowest BCUT2D eigenvalue weighted by molar-refractivity contribution is -0.109. The summed E-state index contributed by atoms with van der Waals surface area (Å²) in [7, 11) is 0. The van der Waals surface area contributed by atoms with E-state index in [9.17, 15) is 4.79 Å². The molecule has 5 heteroatoms. The molecule has 0 radical (unpaired) electrons. The molecule has 2 saturated heterocycles. The van der Waals surface area contributed by atoms with Gasteiger partial charge in [-0.25, -0.2) is 0 Å². The normalized spacial score (nSPS) is 29.2. The maximum absolute atomic E-state index is 13.3. The Labute approximate surface area is 132 Å². The molecule has 2 fully saturated rings. The Hall–Kier alpha value is -1.30. The van der Waals surface area contributed by atoms with Gasteiger partial charge in [0.1, 0.15) is 5.69 Å². The van der Waals surface area contributed by atoms with Crippen molar-refractivity contribution in [3.8, 4) is 0 Å². The smallest absolute Gasteiger partial charge is 0.201 e. The minimum absolute atomic E-state index is 0.145. The third-order valence-corrected chi connectivity index (χ3v) is 4.77. The van der Waals surface area contributed by atoms with Crippen LogP contribution in [0.15, 0.2) is 24.4 Å². The zero-order chi connectivity index (χ0) is 15.6. The quantitative estimate of drug-likeness (QED) is 0.858. The number of pyridine rings is 1. The number of rotatable bonds is 3. The number of piperazine rings is 1. The van der Waals surface area contributed by atoms with Gasteiger partial charge in [-0.2, -0.15) is 0 Å². The van der Waals surface area contributed by atoms with Crippen LogP contribution in [0.1, 0.15) is 37.2 Å². The Morgan fingerprint density at radius 1 is 1.32 bits per heavy atom. The Kier molecular flexibility index (Phi) is 4.30. The molecule has 1 aromatic rings. The van der Waals surface area contributed by atoms with E-state index in [-0.39, 0.29) is 11.4 Å². The lowest BCUT2D eigenvalue weighted by Gasteiger charge is -2.51. The minimum Gasteiger partial charge on any atom is -0.375 e. The van der Waals surface area contributed by atoms with E-state index in [1.165, 1.54) is 0 Å². The topological polar surface area (TPSA) is 54.5 Å². The van der Waals surface area contributed by atoms with Crippen LogP contribution in [-0.4, -0.2) is 59.6 Å². The molecule has 22 heavy (non-hydrogen) atoms. The first-order valence-electron chi connectivity index (χ1n) is 8.09. The van der Waals surface area contributed by atoms with Gasteiger partial charge >= 0.3 is 0 Å². The number of carbonyl (C=O) groups is 1. The van der Waals surface area contributed by atoms with Crippen LogP contribution >= 0.6 is 0 Å². The van der Waals surface area contributed by atoms with E-state index in [0.29, 0.717) is 12.3 Å². The molecule has 0 spiro atoms. The highest BCUT2D eigenvalue weighted by atomic mass is 16.5. The highest BCUT2D eigenvalue weighted by Gasteiger charge is 2.50. The maximum Gasteiger partial charge on any atom is 0.201 e. The van der Waals surface area contributed by atoms with Gasteiger partial charge in [-0.1, -0.05) is 6.07 Å². The summed E-state index contributed by atoms with van der Waals surface area (Å²) in [5.41, 5.74) is -0.204. The molecule has 2 aliphatic heterocycles. The molecule has 0 aliphatic carbocycles. The fourth-order valence-electron chi connectivity index (χ4n) is 3.78. The monoisotopic (exact) mass is 303 g/mol. The first-order chi connectivity index (χ1) is 10.5. The van der Waals surface area contributed by atoms with Crippen LogP contribution < -0.4 is 5.32 Å². The number of ketones is 1. The van der Waals surface area contributed by atoms with E-state index >= 15 is 0 Å². The average molecular weight is 303 g/mol. The summed E-state index contributed by atoms with van der Waals surface area (Å²) in [6.45, 7) is 8.43. The van der Waals surface area contributed by atoms with Gasteiger partial charge in [-0.05, 0) is 32.4 Å². The van der Waals surface area contributed by atoms with Crippen molar-refractivity contribution in [2.24, 2.45) is 0 Å². The van der Waals surface area contributed by atoms with Crippen LogP contribution in [-0.2, 0) is 4.74 Å². The average Bonchev–Trinajstić information content (AvgIpc) is 2.55. The van der Waals surface area contributed by atoms with Crippen LogP contribution in [0.4, 0.5) is 0 Å². The number of hydrogen-bond donors (Lipinski definition) is 1. The third-order valence-electron chi connectivity index (χ3n) is 4.77. The van der Waals surface area contributed by atoms with Crippen molar-refractivity contribution in [1.82, 2.24) is 15.2 Å². The van der Waals surface area contributed by atoms with Crippen LogP contribution in [0, 0.1) is 0 Å². The number of ether oxygens (including phenoxy) is 1. The molecule has 1 aromatic heterocycles. The van der Waals surface area contributed by atoms with Gasteiger partial charge in [0.15, 0.2) is 0 Å². The Morgan fingerprint density at radius 3 is 2.73 bits per heavy atom. The van der Waals surface area contributed by atoms with Gasteiger partial charge in [0.2, 0.25) is 5.78 Å². The molecule has 2 aliphatic rings. The summed E-state index contributed by atoms with van der Waals surface area (Å²) >= 11 is 0. The Morgan fingerprint density at radius 2 is 2.09 bits per heavy atom. The second kappa shape index (κ2) is 6.07. The Bertz CT molecular complexity index is 526. The highest BCUT2D eigenvalue weighted by Crippen LogP contribution is 2.38. The second-order valence-corrected chi connectivity index (χ2v) is 6.85. The lowest BCUT2D eigenvalue weighted by atomic mass is 9.75. The van der Waals surface area contributed by atoms with Gasteiger partial charge < -0.3 is 10.1 Å². The number of hydrogen-bond acceptors (Lipinski definition) is 5. The summed E-state index contributed by atoms with van der Waals surface area (Å²) in [5, 5.41) is 3.37. The maximum atomic E-state index is 13.3. The predicted molar refractivity (Wildman–Crippen MR) is 85.0 cm³/mol. The summed E-state index contributed by atoms with van der Waals surface area (Å²) in [6.07, 6.45) is 3.16. The first kappa shape index (κ1) is 15.6. The van der Waals surface area contributed by atoms with E-state index in [1.807, 2.05) is 18.2 Å². The number of nitrogens with one attached hydrogen (secondary N) is 1. The standard InChI is InChI=1S/C17H25N3O2/c1-16(2)13-17(6-12-22-16,20-10-8-18-9-11-20)15(21)14-5-3-4-7-19-14/h3-5,7,18H,6,8-13H2,1-2H3. The molecule has 3 rings (SSSR count).